The van der Waals surface area contributed by atoms with Crippen LogP contribution in [0.15, 0.2) is 34.9 Å². The zero-order valence-corrected chi connectivity index (χ0v) is 17.4. The second-order valence-electron chi connectivity index (χ2n) is 8.56. The van der Waals surface area contributed by atoms with Crippen molar-refractivity contribution in [2.75, 3.05) is 6.54 Å². The normalized spacial score (nSPS) is 23.0. The molecule has 156 valence electrons. The van der Waals surface area contributed by atoms with E-state index in [1.54, 1.807) is 11.2 Å². The van der Waals surface area contributed by atoms with Gasteiger partial charge < -0.3 is 19.2 Å². The molecule has 4 rings (SSSR count). The molecule has 1 aliphatic heterocycles. The molecule has 29 heavy (non-hydrogen) atoms. The van der Waals surface area contributed by atoms with Crippen molar-refractivity contribution in [1.82, 2.24) is 14.8 Å². The van der Waals surface area contributed by atoms with Crippen molar-refractivity contribution in [2.24, 2.45) is 0 Å². The summed E-state index contributed by atoms with van der Waals surface area (Å²) < 4.78 is 7.52. The summed E-state index contributed by atoms with van der Waals surface area (Å²) in [5, 5.41) is 3.29. The second kappa shape index (κ2) is 8.09. The molecule has 2 aromatic rings. The molecule has 0 unspecified atom stereocenters. The summed E-state index contributed by atoms with van der Waals surface area (Å²) in [6.45, 7) is 4.94. The fourth-order valence-electron chi connectivity index (χ4n) is 4.75. The third kappa shape index (κ3) is 3.61. The van der Waals surface area contributed by atoms with Crippen LogP contribution in [-0.4, -0.2) is 39.4 Å². The predicted molar refractivity (Wildman–Crippen MR) is 111 cm³/mol. The Hall–Kier alpha value is -2.50. The molecule has 2 aromatic heterocycles. The maximum absolute atomic E-state index is 13.5. The molecule has 6 heteroatoms. The van der Waals surface area contributed by atoms with Crippen molar-refractivity contribution in [2.45, 2.75) is 76.9 Å². The largest absolute Gasteiger partial charge is 0.463 e. The molecule has 0 aromatic carbocycles. The topological polar surface area (TPSA) is 67.5 Å². The Labute approximate surface area is 172 Å². The third-order valence-corrected chi connectivity index (χ3v) is 6.41. The van der Waals surface area contributed by atoms with Gasteiger partial charge in [0.2, 0.25) is 5.91 Å². The lowest BCUT2D eigenvalue weighted by Gasteiger charge is -2.44. The first kappa shape index (κ1) is 19.8. The molecule has 2 amide bonds. The van der Waals surface area contributed by atoms with Crippen LogP contribution in [-0.2, 0) is 11.3 Å². The Morgan fingerprint density at radius 1 is 1.17 bits per heavy atom. The highest BCUT2D eigenvalue weighted by Crippen LogP contribution is 2.33. The molecule has 1 N–H and O–H groups in total. The first-order valence-corrected chi connectivity index (χ1v) is 10.9. The van der Waals surface area contributed by atoms with E-state index in [0.29, 0.717) is 24.5 Å². The maximum atomic E-state index is 13.5. The molecule has 1 saturated carbocycles. The van der Waals surface area contributed by atoms with Crippen LogP contribution in [0.2, 0.25) is 0 Å². The van der Waals surface area contributed by atoms with Gasteiger partial charge in [-0.1, -0.05) is 32.6 Å². The van der Waals surface area contributed by atoms with Crippen molar-refractivity contribution >= 4 is 11.8 Å². The van der Waals surface area contributed by atoms with E-state index in [1.807, 2.05) is 42.7 Å². The minimum atomic E-state index is -0.924. The summed E-state index contributed by atoms with van der Waals surface area (Å²) >= 11 is 0. The zero-order chi connectivity index (χ0) is 20.4. The van der Waals surface area contributed by atoms with E-state index in [-0.39, 0.29) is 17.9 Å². The lowest BCUT2D eigenvalue weighted by Crippen LogP contribution is -2.65. The summed E-state index contributed by atoms with van der Waals surface area (Å²) in [5.74, 6) is 0.574. The molecule has 1 fully saturated rings. The summed E-state index contributed by atoms with van der Waals surface area (Å²) in [7, 11) is 0. The van der Waals surface area contributed by atoms with Gasteiger partial charge in [0.05, 0.1) is 18.5 Å². The predicted octanol–water partition coefficient (Wildman–Crippen LogP) is 4.21. The molecule has 0 radical (unpaired) electrons. The Morgan fingerprint density at radius 3 is 2.55 bits per heavy atom. The Bertz CT molecular complexity index is 862. The number of aromatic nitrogens is 1. The monoisotopic (exact) mass is 397 g/mol. The van der Waals surface area contributed by atoms with E-state index < -0.39 is 5.54 Å². The number of rotatable bonds is 5. The highest BCUT2D eigenvalue weighted by atomic mass is 16.3. The molecule has 1 aliphatic carbocycles. The molecule has 0 saturated heterocycles. The number of furan rings is 1. The van der Waals surface area contributed by atoms with Crippen LogP contribution < -0.4 is 5.32 Å². The van der Waals surface area contributed by atoms with Crippen LogP contribution in [0, 0.1) is 0 Å². The van der Waals surface area contributed by atoms with E-state index >= 15 is 0 Å². The molecule has 2 aliphatic rings. The smallest absolute Gasteiger partial charge is 0.271 e. The van der Waals surface area contributed by atoms with Gasteiger partial charge >= 0.3 is 0 Å². The van der Waals surface area contributed by atoms with Gasteiger partial charge in [0.1, 0.15) is 17.0 Å². The second-order valence-corrected chi connectivity index (χ2v) is 8.56. The van der Waals surface area contributed by atoms with Crippen molar-refractivity contribution < 1.29 is 14.0 Å². The van der Waals surface area contributed by atoms with Crippen molar-refractivity contribution in [3.8, 4) is 11.5 Å². The van der Waals surface area contributed by atoms with Crippen LogP contribution in [0.3, 0.4) is 0 Å². The molecular formula is C23H31N3O3. The quantitative estimate of drug-likeness (QED) is 0.769. The molecule has 0 spiro atoms. The fraction of sp³-hybridized carbons (Fsp3) is 0.565. The highest BCUT2D eigenvalue weighted by molar-refractivity contribution is 6.00. The van der Waals surface area contributed by atoms with Gasteiger partial charge in [-0.15, -0.1) is 0 Å². The molecule has 0 bridgehead atoms. The van der Waals surface area contributed by atoms with E-state index in [1.165, 1.54) is 12.8 Å². The Morgan fingerprint density at radius 2 is 1.90 bits per heavy atom. The Kier molecular flexibility index (Phi) is 5.52. The van der Waals surface area contributed by atoms with Crippen molar-refractivity contribution in [3.05, 3.63) is 36.2 Å². The number of amides is 2. The van der Waals surface area contributed by atoms with Gasteiger partial charge in [-0.3, -0.25) is 9.59 Å². The summed E-state index contributed by atoms with van der Waals surface area (Å²) in [6.07, 6.45) is 9.27. The lowest BCUT2D eigenvalue weighted by molar-refractivity contribution is -0.133. The minimum Gasteiger partial charge on any atom is -0.463 e. The van der Waals surface area contributed by atoms with Gasteiger partial charge in [-0.2, -0.15) is 0 Å². The first-order chi connectivity index (χ1) is 14.0. The molecule has 1 atom stereocenters. The summed E-state index contributed by atoms with van der Waals surface area (Å²) in [4.78, 5) is 28.6. The third-order valence-electron chi connectivity index (χ3n) is 6.41. The number of carbonyl (C=O) groups is 2. The van der Waals surface area contributed by atoms with E-state index in [4.69, 9.17) is 4.42 Å². The van der Waals surface area contributed by atoms with E-state index in [9.17, 15) is 9.59 Å². The average Bonchev–Trinajstić information content (AvgIpc) is 3.30. The van der Waals surface area contributed by atoms with Crippen LogP contribution in [0.4, 0.5) is 0 Å². The van der Waals surface area contributed by atoms with Crippen molar-refractivity contribution in [1.29, 1.82) is 0 Å². The number of carbonyl (C=O) groups excluding carboxylic acids is 2. The lowest BCUT2D eigenvalue weighted by atomic mass is 9.93. The number of nitrogens with zero attached hydrogens (tertiary/aromatic N) is 2. The van der Waals surface area contributed by atoms with E-state index in [2.05, 4.69) is 5.32 Å². The molecule has 6 nitrogen and oxygen atoms in total. The van der Waals surface area contributed by atoms with Gasteiger partial charge in [-0.05, 0) is 50.5 Å². The number of nitrogens with one attached hydrogen (secondary N) is 1. The van der Waals surface area contributed by atoms with Gasteiger partial charge in [-0.25, -0.2) is 0 Å². The molecular weight excluding hydrogens is 366 g/mol. The zero-order valence-electron chi connectivity index (χ0n) is 17.4. The Balaban J connectivity index is 1.66. The van der Waals surface area contributed by atoms with Crippen LogP contribution in [0.25, 0.3) is 11.5 Å². The number of hydrogen-bond donors (Lipinski definition) is 1. The van der Waals surface area contributed by atoms with Crippen LogP contribution >= 0.6 is 0 Å². The van der Waals surface area contributed by atoms with Gasteiger partial charge in [0, 0.05) is 12.6 Å². The summed E-state index contributed by atoms with van der Waals surface area (Å²) in [6, 6.07) is 7.67. The van der Waals surface area contributed by atoms with Crippen LogP contribution in [0.1, 0.15) is 69.3 Å². The first-order valence-electron chi connectivity index (χ1n) is 10.9. The fourth-order valence-corrected chi connectivity index (χ4v) is 4.75. The average molecular weight is 398 g/mol. The molecule has 3 heterocycles. The number of hydrogen-bond acceptors (Lipinski definition) is 3. The van der Waals surface area contributed by atoms with Crippen molar-refractivity contribution in [3.63, 3.8) is 0 Å². The van der Waals surface area contributed by atoms with Gasteiger partial charge in [0.15, 0.2) is 0 Å². The van der Waals surface area contributed by atoms with Crippen LogP contribution in [0.5, 0.6) is 0 Å². The summed E-state index contributed by atoms with van der Waals surface area (Å²) in [5.41, 5.74) is 0.528. The van der Waals surface area contributed by atoms with Gasteiger partial charge in [0.25, 0.3) is 5.91 Å². The SMILES string of the molecule is CCCN1C(=O)c2ccc(-c3ccco3)n2C[C@]1(C)C(=O)NC1CCCCCC1. The standard InChI is InChI=1S/C23H31N3O3/c1-3-14-26-21(27)19-13-12-18(20-11-8-15-29-20)25(19)16-23(26,2)22(28)24-17-9-6-4-5-7-10-17/h8,11-13,15,17H,3-7,9-10,14,16H2,1-2H3,(H,24,28)/t23-/m1/s1. The minimum absolute atomic E-state index is 0.0454. The number of fused-ring (bicyclic) bond motifs is 1. The van der Waals surface area contributed by atoms with E-state index in [0.717, 1.165) is 37.8 Å². The highest BCUT2D eigenvalue weighted by Gasteiger charge is 2.47. The maximum Gasteiger partial charge on any atom is 0.271 e.